The molecule has 0 heterocycles. The highest BCUT2D eigenvalue weighted by molar-refractivity contribution is 5.68. The lowest BCUT2D eigenvalue weighted by molar-refractivity contribution is -0.140. The number of methoxy groups -OCH3 is 1. The van der Waals surface area contributed by atoms with Crippen molar-refractivity contribution < 1.29 is 9.53 Å². The summed E-state index contributed by atoms with van der Waals surface area (Å²) in [5.41, 5.74) is 0. The molecule has 19 heavy (non-hydrogen) atoms. The topological polar surface area (TPSA) is 26.3 Å². The average molecular weight is 266 g/mol. The minimum absolute atomic E-state index is 0.0819. The molecule has 0 saturated heterocycles. The summed E-state index contributed by atoms with van der Waals surface area (Å²) < 4.78 is 4.61. The Morgan fingerprint density at radius 2 is 1.47 bits per heavy atom. The Morgan fingerprint density at radius 3 is 2.11 bits per heavy atom. The van der Waals surface area contributed by atoms with Crippen LogP contribution < -0.4 is 0 Å². The van der Waals surface area contributed by atoms with E-state index in [0.717, 1.165) is 19.3 Å². The monoisotopic (exact) mass is 266 g/mol. The van der Waals surface area contributed by atoms with Gasteiger partial charge in [-0.25, -0.2) is 0 Å². The smallest absolute Gasteiger partial charge is 0.305 e. The van der Waals surface area contributed by atoms with Crippen molar-refractivity contribution in [2.24, 2.45) is 0 Å². The molecule has 0 atom stereocenters. The Labute approximate surface area is 118 Å². The molecule has 0 bridgehead atoms. The van der Waals surface area contributed by atoms with Crippen LogP contribution in [0.3, 0.4) is 0 Å². The van der Waals surface area contributed by atoms with Gasteiger partial charge in [-0.3, -0.25) is 4.79 Å². The fourth-order valence-electron chi connectivity index (χ4n) is 1.96. The van der Waals surface area contributed by atoms with E-state index in [1.807, 2.05) is 6.08 Å². The Bertz CT molecular complexity index is 244. The van der Waals surface area contributed by atoms with E-state index >= 15 is 0 Å². The normalized spacial score (nSPS) is 10.8. The molecule has 110 valence electrons. The second-order valence-corrected chi connectivity index (χ2v) is 4.93. The van der Waals surface area contributed by atoms with Gasteiger partial charge in [-0.15, -0.1) is 6.58 Å². The third kappa shape index (κ3) is 14.9. The van der Waals surface area contributed by atoms with Crippen molar-refractivity contribution in [3.63, 3.8) is 0 Å². The van der Waals surface area contributed by atoms with Crippen molar-refractivity contribution in [3.8, 4) is 0 Å². The fourth-order valence-corrected chi connectivity index (χ4v) is 1.96. The van der Waals surface area contributed by atoms with Crippen LogP contribution in [0.1, 0.15) is 70.6 Å². The maximum atomic E-state index is 10.9. The maximum Gasteiger partial charge on any atom is 0.305 e. The minimum Gasteiger partial charge on any atom is -0.469 e. The maximum absolute atomic E-state index is 10.9. The third-order valence-electron chi connectivity index (χ3n) is 3.18. The van der Waals surface area contributed by atoms with E-state index in [9.17, 15) is 4.79 Å². The standard InChI is InChI=1S/C17H30O2/c1-3-4-5-6-7-8-9-10-11-12-13-14-15-16-17(18)19-2/h3,7-8H,1,4-6,9-16H2,2H3/b8-7-. The summed E-state index contributed by atoms with van der Waals surface area (Å²) in [7, 11) is 1.45. The number of unbranched alkanes of at least 4 members (excludes halogenated alkanes) is 8. The Kier molecular flexibility index (Phi) is 14.2. The van der Waals surface area contributed by atoms with Crippen LogP contribution in [0.4, 0.5) is 0 Å². The van der Waals surface area contributed by atoms with Gasteiger partial charge in [-0.05, 0) is 38.5 Å². The summed E-state index contributed by atoms with van der Waals surface area (Å²) in [6, 6.07) is 0. The van der Waals surface area contributed by atoms with Gasteiger partial charge >= 0.3 is 5.97 Å². The molecule has 0 aliphatic carbocycles. The molecular weight excluding hydrogens is 236 g/mol. The molecule has 0 aromatic carbocycles. The van der Waals surface area contributed by atoms with Gasteiger partial charge in [0.1, 0.15) is 0 Å². The summed E-state index contributed by atoms with van der Waals surface area (Å²) >= 11 is 0. The number of hydrogen-bond acceptors (Lipinski definition) is 2. The third-order valence-corrected chi connectivity index (χ3v) is 3.18. The number of rotatable bonds is 13. The lowest BCUT2D eigenvalue weighted by Crippen LogP contribution is -1.99. The van der Waals surface area contributed by atoms with Crippen LogP contribution in [0, 0.1) is 0 Å². The molecule has 0 aliphatic heterocycles. The Balaban J connectivity index is 3.10. The first-order valence-corrected chi connectivity index (χ1v) is 7.64. The largest absolute Gasteiger partial charge is 0.469 e. The van der Waals surface area contributed by atoms with Crippen LogP contribution in [0.25, 0.3) is 0 Å². The molecule has 0 unspecified atom stereocenters. The molecule has 0 aromatic rings. The van der Waals surface area contributed by atoms with Gasteiger partial charge in [0.15, 0.2) is 0 Å². The number of ether oxygens (including phenoxy) is 1. The summed E-state index contributed by atoms with van der Waals surface area (Å²) in [5, 5.41) is 0. The van der Waals surface area contributed by atoms with Crippen LogP contribution in [-0.2, 0) is 9.53 Å². The molecule has 0 rings (SSSR count). The number of carbonyl (C=O) groups is 1. The summed E-state index contributed by atoms with van der Waals surface area (Å²) in [6.45, 7) is 3.71. The van der Waals surface area contributed by atoms with Crippen molar-refractivity contribution >= 4 is 5.97 Å². The van der Waals surface area contributed by atoms with E-state index in [1.165, 1.54) is 52.1 Å². The second-order valence-electron chi connectivity index (χ2n) is 4.93. The van der Waals surface area contributed by atoms with E-state index in [1.54, 1.807) is 0 Å². The first-order chi connectivity index (χ1) is 9.31. The molecule has 0 spiro atoms. The molecule has 0 amide bonds. The van der Waals surface area contributed by atoms with Gasteiger partial charge in [0.25, 0.3) is 0 Å². The van der Waals surface area contributed by atoms with E-state index in [0.29, 0.717) is 6.42 Å². The van der Waals surface area contributed by atoms with Gasteiger partial charge in [0.05, 0.1) is 7.11 Å². The zero-order valence-corrected chi connectivity index (χ0v) is 12.5. The van der Waals surface area contributed by atoms with Crippen molar-refractivity contribution in [1.29, 1.82) is 0 Å². The predicted octanol–water partition coefficient (Wildman–Crippen LogP) is 5.19. The summed E-state index contributed by atoms with van der Waals surface area (Å²) in [5.74, 6) is -0.0819. The van der Waals surface area contributed by atoms with Gasteiger partial charge in [-0.2, -0.15) is 0 Å². The van der Waals surface area contributed by atoms with Gasteiger partial charge in [0.2, 0.25) is 0 Å². The molecule has 2 nitrogen and oxygen atoms in total. The molecular formula is C17H30O2. The van der Waals surface area contributed by atoms with Crippen LogP contribution in [0.5, 0.6) is 0 Å². The highest BCUT2D eigenvalue weighted by atomic mass is 16.5. The molecule has 0 fully saturated rings. The van der Waals surface area contributed by atoms with Crippen molar-refractivity contribution in [2.75, 3.05) is 7.11 Å². The number of allylic oxidation sites excluding steroid dienone is 3. The molecule has 0 radical (unpaired) electrons. The van der Waals surface area contributed by atoms with Crippen molar-refractivity contribution in [2.45, 2.75) is 70.6 Å². The van der Waals surface area contributed by atoms with Crippen molar-refractivity contribution in [1.82, 2.24) is 0 Å². The minimum atomic E-state index is -0.0819. The van der Waals surface area contributed by atoms with E-state index < -0.39 is 0 Å². The number of hydrogen-bond donors (Lipinski definition) is 0. The number of carbonyl (C=O) groups excluding carboxylic acids is 1. The van der Waals surface area contributed by atoms with Crippen LogP contribution >= 0.6 is 0 Å². The summed E-state index contributed by atoms with van der Waals surface area (Å²) in [4.78, 5) is 10.9. The highest BCUT2D eigenvalue weighted by Crippen LogP contribution is 2.09. The van der Waals surface area contributed by atoms with E-state index in [-0.39, 0.29) is 5.97 Å². The van der Waals surface area contributed by atoms with Gasteiger partial charge in [0, 0.05) is 6.42 Å². The Morgan fingerprint density at radius 1 is 0.895 bits per heavy atom. The first kappa shape index (κ1) is 17.9. The van der Waals surface area contributed by atoms with E-state index in [2.05, 4.69) is 23.5 Å². The molecule has 0 saturated carbocycles. The zero-order chi connectivity index (χ0) is 14.2. The van der Waals surface area contributed by atoms with Gasteiger partial charge in [-0.1, -0.05) is 43.9 Å². The average Bonchev–Trinajstić information content (AvgIpc) is 2.43. The first-order valence-electron chi connectivity index (χ1n) is 7.64. The molecule has 2 heteroatoms. The van der Waals surface area contributed by atoms with E-state index in [4.69, 9.17) is 0 Å². The lowest BCUT2D eigenvalue weighted by atomic mass is 10.1. The molecule has 0 aliphatic rings. The second kappa shape index (κ2) is 15.0. The molecule has 0 aromatic heterocycles. The Hall–Kier alpha value is -1.05. The van der Waals surface area contributed by atoms with Gasteiger partial charge < -0.3 is 4.74 Å². The molecule has 0 N–H and O–H groups in total. The predicted molar refractivity (Wildman–Crippen MR) is 82.1 cm³/mol. The highest BCUT2D eigenvalue weighted by Gasteiger charge is 1.98. The van der Waals surface area contributed by atoms with Crippen molar-refractivity contribution in [3.05, 3.63) is 24.8 Å². The fraction of sp³-hybridized carbons (Fsp3) is 0.706. The zero-order valence-electron chi connectivity index (χ0n) is 12.5. The number of esters is 1. The summed E-state index contributed by atoms with van der Waals surface area (Å²) in [6.07, 6.45) is 19.1. The van der Waals surface area contributed by atoms with Crippen LogP contribution in [0.15, 0.2) is 24.8 Å². The quantitative estimate of drug-likeness (QED) is 0.260. The lowest BCUT2D eigenvalue weighted by Gasteiger charge is -2.00. The SMILES string of the molecule is C=CCCC/C=C\CCCCCCCCC(=O)OC. The van der Waals surface area contributed by atoms with Crippen LogP contribution in [0.2, 0.25) is 0 Å². The van der Waals surface area contributed by atoms with Crippen LogP contribution in [-0.4, -0.2) is 13.1 Å².